The molecular weight excluding hydrogens is 358 g/mol. The number of hydrogen-bond acceptors (Lipinski definition) is 3. The summed E-state index contributed by atoms with van der Waals surface area (Å²) in [7, 11) is 1.66. The van der Waals surface area contributed by atoms with Gasteiger partial charge in [0.1, 0.15) is 0 Å². The van der Waals surface area contributed by atoms with Crippen molar-refractivity contribution in [3.8, 4) is 0 Å². The maximum absolute atomic E-state index is 12.6. The average Bonchev–Trinajstić information content (AvgIpc) is 2.83. The van der Waals surface area contributed by atoms with E-state index in [9.17, 15) is 19.5 Å². The van der Waals surface area contributed by atoms with Crippen molar-refractivity contribution in [2.75, 3.05) is 25.5 Å². The van der Waals surface area contributed by atoms with Crippen molar-refractivity contribution < 1.29 is 19.5 Å². The summed E-state index contributed by atoms with van der Waals surface area (Å²) in [6.45, 7) is 2.67. The van der Waals surface area contributed by atoms with Crippen molar-refractivity contribution in [3.63, 3.8) is 0 Å². The Balaban J connectivity index is 1.68. The molecule has 1 spiro atoms. The van der Waals surface area contributed by atoms with E-state index in [-0.39, 0.29) is 18.4 Å². The third-order valence-corrected chi connectivity index (χ3v) is 5.95. The average molecular weight is 380 g/mol. The first kappa shape index (κ1) is 18.5. The van der Waals surface area contributed by atoms with Crippen molar-refractivity contribution in [1.29, 1.82) is 0 Å². The number of carboxylic acids is 1. The molecule has 8 heteroatoms. The number of nitrogens with one attached hydrogen (secondary N) is 1. The van der Waals surface area contributed by atoms with Crippen LogP contribution in [0.15, 0.2) is 18.2 Å². The second kappa shape index (κ2) is 6.79. The van der Waals surface area contributed by atoms with Gasteiger partial charge in [-0.15, -0.1) is 0 Å². The van der Waals surface area contributed by atoms with Gasteiger partial charge < -0.3 is 20.2 Å². The van der Waals surface area contributed by atoms with Gasteiger partial charge in [0.15, 0.2) is 0 Å². The fourth-order valence-corrected chi connectivity index (χ4v) is 4.27. The molecule has 0 bridgehead atoms. The molecule has 1 aromatic carbocycles. The molecule has 3 amide bonds. The van der Waals surface area contributed by atoms with E-state index in [1.54, 1.807) is 35.0 Å². The highest BCUT2D eigenvalue weighted by atomic mass is 35.5. The molecule has 0 aliphatic carbocycles. The molecule has 7 nitrogen and oxygen atoms in total. The number of amides is 3. The van der Waals surface area contributed by atoms with Gasteiger partial charge in [0, 0.05) is 37.3 Å². The van der Waals surface area contributed by atoms with Crippen LogP contribution in [0.2, 0.25) is 5.02 Å². The summed E-state index contributed by atoms with van der Waals surface area (Å²) in [5.74, 6) is -1.81. The molecule has 2 heterocycles. The van der Waals surface area contributed by atoms with Gasteiger partial charge in [-0.3, -0.25) is 9.59 Å². The maximum atomic E-state index is 12.6. The second-order valence-electron chi connectivity index (χ2n) is 7.03. The molecule has 1 aromatic rings. The summed E-state index contributed by atoms with van der Waals surface area (Å²) in [6, 6.07) is 5.01. The predicted molar refractivity (Wildman–Crippen MR) is 97.3 cm³/mol. The quantitative estimate of drug-likeness (QED) is 0.826. The molecule has 0 aromatic heterocycles. The van der Waals surface area contributed by atoms with E-state index in [1.807, 2.05) is 6.92 Å². The molecular formula is C18H22ClN3O4. The van der Waals surface area contributed by atoms with E-state index in [0.29, 0.717) is 36.6 Å². The summed E-state index contributed by atoms with van der Waals surface area (Å²) in [5, 5.41) is 13.0. The number of carbonyl (C=O) groups excluding carboxylic acids is 2. The number of likely N-dealkylation sites (tertiary alicyclic amines) is 2. The summed E-state index contributed by atoms with van der Waals surface area (Å²) in [5.41, 5.74) is 0.859. The van der Waals surface area contributed by atoms with E-state index in [2.05, 4.69) is 5.32 Å². The minimum absolute atomic E-state index is 0.0298. The molecule has 3 rings (SSSR count). The zero-order valence-electron chi connectivity index (χ0n) is 14.8. The highest BCUT2D eigenvalue weighted by molar-refractivity contribution is 6.30. The third-order valence-electron chi connectivity index (χ3n) is 5.71. The molecule has 0 unspecified atom stereocenters. The van der Waals surface area contributed by atoms with E-state index in [4.69, 9.17) is 11.6 Å². The number of carbonyl (C=O) groups is 3. The Labute approximate surface area is 156 Å². The summed E-state index contributed by atoms with van der Waals surface area (Å²) in [4.78, 5) is 39.4. The number of piperidine rings is 1. The third kappa shape index (κ3) is 3.11. The molecule has 1 atom stereocenters. The predicted octanol–water partition coefficient (Wildman–Crippen LogP) is 2.58. The molecule has 2 aliphatic rings. The van der Waals surface area contributed by atoms with E-state index < -0.39 is 17.4 Å². The van der Waals surface area contributed by atoms with Crippen LogP contribution >= 0.6 is 11.6 Å². The standard InChI is InChI=1S/C18H22ClN3O4/c1-11-9-12(19)3-4-14(11)20-17(26)22-7-5-18(6-8-22)13(16(24)25)10-15(23)21(18)2/h3-4,9,13H,5-8,10H2,1-2H3,(H,20,26)(H,24,25)/t13-/m0/s1. The van der Waals surface area contributed by atoms with Crippen LogP contribution in [0.3, 0.4) is 0 Å². The van der Waals surface area contributed by atoms with Gasteiger partial charge in [0.2, 0.25) is 5.91 Å². The van der Waals surface area contributed by atoms with Crippen LogP contribution in [0, 0.1) is 12.8 Å². The molecule has 26 heavy (non-hydrogen) atoms. The number of urea groups is 1. The topological polar surface area (TPSA) is 90.0 Å². The van der Waals surface area contributed by atoms with E-state index >= 15 is 0 Å². The molecule has 2 fully saturated rings. The van der Waals surface area contributed by atoms with Gasteiger partial charge in [-0.05, 0) is 43.5 Å². The summed E-state index contributed by atoms with van der Waals surface area (Å²) < 4.78 is 0. The second-order valence-corrected chi connectivity index (χ2v) is 7.46. The summed E-state index contributed by atoms with van der Waals surface area (Å²) in [6.07, 6.45) is 0.945. The molecule has 140 valence electrons. The maximum Gasteiger partial charge on any atom is 0.321 e. The van der Waals surface area contributed by atoms with Crippen LogP contribution in [0.4, 0.5) is 10.5 Å². The molecule has 0 saturated carbocycles. The van der Waals surface area contributed by atoms with E-state index in [0.717, 1.165) is 5.56 Å². The Kier molecular flexibility index (Phi) is 4.84. The van der Waals surface area contributed by atoms with Crippen molar-refractivity contribution >= 4 is 35.2 Å². The lowest BCUT2D eigenvalue weighted by atomic mass is 9.77. The largest absolute Gasteiger partial charge is 0.481 e. The fourth-order valence-electron chi connectivity index (χ4n) is 4.04. The number of rotatable bonds is 2. The van der Waals surface area contributed by atoms with Crippen LogP contribution in [-0.4, -0.2) is 58.5 Å². The number of halogens is 1. The number of aryl methyl sites for hydroxylation is 1. The number of nitrogens with zero attached hydrogens (tertiary/aromatic N) is 2. The number of aliphatic carboxylic acids is 1. The van der Waals surface area contributed by atoms with Crippen molar-refractivity contribution in [1.82, 2.24) is 9.80 Å². The first-order valence-electron chi connectivity index (χ1n) is 8.56. The highest BCUT2D eigenvalue weighted by Crippen LogP contribution is 2.42. The zero-order valence-corrected chi connectivity index (χ0v) is 15.5. The lowest BCUT2D eigenvalue weighted by molar-refractivity contribution is -0.145. The number of hydrogen-bond donors (Lipinski definition) is 2. The Morgan fingerprint density at radius 2 is 1.96 bits per heavy atom. The number of carboxylic acid groups (broad SMARTS) is 1. The normalized spacial score (nSPS) is 22.0. The van der Waals surface area contributed by atoms with Gasteiger partial charge in [-0.2, -0.15) is 0 Å². The summed E-state index contributed by atoms with van der Waals surface area (Å²) >= 11 is 5.93. The van der Waals surface area contributed by atoms with Crippen LogP contribution in [0.25, 0.3) is 0 Å². The lowest BCUT2D eigenvalue weighted by Gasteiger charge is -2.45. The van der Waals surface area contributed by atoms with Gasteiger partial charge >= 0.3 is 12.0 Å². The number of anilines is 1. The van der Waals surface area contributed by atoms with Crippen molar-refractivity contribution in [3.05, 3.63) is 28.8 Å². The molecule has 0 radical (unpaired) electrons. The van der Waals surface area contributed by atoms with Crippen LogP contribution in [0.1, 0.15) is 24.8 Å². The monoisotopic (exact) mass is 379 g/mol. The van der Waals surface area contributed by atoms with Crippen LogP contribution in [0.5, 0.6) is 0 Å². The van der Waals surface area contributed by atoms with Crippen LogP contribution in [-0.2, 0) is 9.59 Å². The minimum Gasteiger partial charge on any atom is -0.481 e. The highest BCUT2D eigenvalue weighted by Gasteiger charge is 2.55. The Morgan fingerprint density at radius 1 is 1.31 bits per heavy atom. The first-order chi connectivity index (χ1) is 12.2. The zero-order chi connectivity index (χ0) is 19.1. The molecule has 2 saturated heterocycles. The molecule has 2 N–H and O–H groups in total. The van der Waals surface area contributed by atoms with Crippen molar-refractivity contribution in [2.45, 2.75) is 31.7 Å². The molecule has 2 aliphatic heterocycles. The van der Waals surface area contributed by atoms with Crippen LogP contribution < -0.4 is 5.32 Å². The van der Waals surface area contributed by atoms with Crippen molar-refractivity contribution in [2.24, 2.45) is 5.92 Å². The lowest BCUT2D eigenvalue weighted by Crippen LogP contribution is -2.57. The Morgan fingerprint density at radius 3 is 2.54 bits per heavy atom. The SMILES string of the molecule is Cc1cc(Cl)ccc1NC(=O)N1CCC2(CC1)[C@H](C(=O)O)CC(=O)N2C. The number of benzene rings is 1. The Bertz CT molecular complexity index is 759. The van der Waals surface area contributed by atoms with Gasteiger partial charge in [-0.1, -0.05) is 11.6 Å². The van der Waals surface area contributed by atoms with Gasteiger partial charge in [0.25, 0.3) is 0 Å². The fraction of sp³-hybridized carbons (Fsp3) is 0.500. The minimum atomic E-state index is -0.947. The van der Waals surface area contributed by atoms with Gasteiger partial charge in [-0.25, -0.2) is 4.79 Å². The Hall–Kier alpha value is -2.28. The van der Waals surface area contributed by atoms with Gasteiger partial charge in [0.05, 0.1) is 11.5 Å². The van der Waals surface area contributed by atoms with E-state index in [1.165, 1.54) is 0 Å². The smallest absolute Gasteiger partial charge is 0.321 e. The first-order valence-corrected chi connectivity index (χ1v) is 8.94.